The fourth-order valence-corrected chi connectivity index (χ4v) is 1.12. The molecule has 6 heteroatoms. The van der Waals surface area contributed by atoms with Crippen molar-refractivity contribution in [3.8, 4) is 0 Å². The minimum Gasteiger partial charge on any atom is -0.481 e. The van der Waals surface area contributed by atoms with E-state index in [1.165, 1.54) is 6.33 Å². The number of hydrogen-bond donors (Lipinski definition) is 2. The zero-order chi connectivity index (χ0) is 11.3. The van der Waals surface area contributed by atoms with Crippen LogP contribution in [-0.2, 0) is 22.6 Å². The fourth-order valence-electron chi connectivity index (χ4n) is 1.12. The number of imidazole rings is 1. The first-order chi connectivity index (χ1) is 7.08. The van der Waals surface area contributed by atoms with E-state index in [4.69, 9.17) is 10.2 Å². The summed E-state index contributed by atoms with van der Waals surface area (Å²) in [5, 5.41) is 16.9. The number of carbonyl (C=O) groups is 2. The van der Waals surface area contributed by atoms with Gasteiger partial charge in [0.05, 0.1) is 24.9 Å². The minimum absolute atomic E-state index is 0.0364. The van der Waals surface area contributed by atoms with Gasteiger partial charge in [-0.2, -0.15) is 0 Å². The SMILES string of the molecule is O=C(O)CCc1cn(CCC(=O)O)cn1. The summed E-state index contributed by atoms with van der Waals surface area (Å²) in [6.45, 7) is 0.357. The number of aryl methyl sites for hydroxylation is 2. The molecule has 0 aromatic carbocycles. The largest absolute Gasteiger partial charge is 0.481 e. The lowest BCUT2D eigenvalue weighted by molar-refractivity contribution is -0.138. The van der Waals surface area contributed by atoms with Crippen LogP contribution in [0.2, 0.25) is 0 Å². The quantitative estimate of drug-likeness (QED) is 0.710. The first kappa shape index (κ1) is 11.2. The van der Waals surface area contributed by atoms with E-state index in [1.54, 1.807) is 10.8 Å². The minimum atomic E-state index is -0.866. The normalized spacial score (nSPS) is 10.1. The van der Waals surface area contributed by atoms with Crippen LogP contribution in [-0.4, -0.2) is 31.7 Å². The van der Waals surface area contributed by atoms with Crippen LogP contribution in [0.25, 0.3) is 0 Å². The summed E-state index contributed by atoms with van der Waals surface area (Å²) in [7, 11) is 0. The monoisotopic (exact) mass is 212 g/mol. The second-order valence-electron chi connectivity index (χ2n) is 3.14. The Labute approximate surface area is 86.2 Å². The highest BCUT2D eigenvalue weighted by molar-refractivity contribution is 5.67. The molecule has 0 bridgehead atoms. The molecular formula is C9H12N2O4. The van der Waals surface area contributed by atoms with Crippen molar-refractivity contribution in [3.05, 3.63) is 18.2 Å². The number of aromatic nitrogens is 2. The Hall–Kier alpha value is -1.85. The molecule has 0 saturated carbocycles. The molecule has 6 nitrogen and oxygen atoms in total. The van der Waals surface area contributed by atoms with Crippen molar-refractivity contribution in [2.75, 3.05) is 0 Å². The third kappa shape index (κ3) is 4.26. The van der Waals surface area contributed by atoms with E-state index in [2.05, 4.69) is 4.98 Å². The van der Waals surface area contributed by atoms with Crippen LogP contribution in [0.1, 0.15) is 18.5 Å². The van der Waals surface area contributed by atoms with Gasteiger partial charge in [-0.1, -0.05) is 0 Å². The highest BCUT2D eigenvalue weighted by atomic mass is 16.4. The summed E-state index contributed by atoms with van der Waals surface area (Å²) in [5.74, 6) is -1.73. The van der Waals surface area contributed by atoms with E-state index < -0.39 is 11.9 Å². The molecule has 82 valence electrons. The van der Waals surface area contributed by atoms with Gasteiger partial charge in [0.15, 0.2) is 0 Å². The van der Waals surface area contributed by atoms with Gasteiger partial charge in [0.25, 0.3) is 0 Å². The number of aliphatic carboxylic acids is 2. The molecule has 0 unspecified atom stereocenters. The predicted octanol–water partition coefficient (Wildman–Crippen LogP) is 0.375. The Kier molecular flexibility index (Phi) is 3.84. The van der Waals surface area contributed by atoms with E-state index in [1.807, 2.05) is 0 Å². The predicted molar refractivity (Wildman–Crippen MR) is 50.4 cm³/mol. The van der Waals surface area contributed by atoms with E-state index in [-0.39, 0.29) is 12.8 Å². The molecule has 1 heterocycles. The van der Waals surface area contributed by atoms with Gasteiger partial charge < -0.3 is 14.8 Å². The van der Waals surface area contributed by atoms with Gasteiger partial charge in [0.1, 0.15) is 0 Å². The summed E-state index contributed by atoms with van der Waals surface area (Å²) in [6, 6.07) is 0. The molecule has 2 N–H and O–H groups in total. The van der Waals surface area contributed by atoms with Gasteiger partial charge in [0, 0.05) is 19.2 Å². The van der Waals surface area contributed by atoms with Crippen LogP contribution in [0.5, 0.6) is 0 Å². The van der Waals surface area contributed by atoms with Gasteiger partial charge in [-0.3, -0.25) is 9.59 Å². The van der Waals surface area contributed by atoms with Crippen molar-refractivity contribution < 1.29 is 19.8 Å². The van der Waals surface area contributed by atoms with Crippen LogP contribution in [0.15, 0.2) is 12.5 Å². The number of carboxylic acid groups (broad SMARTS) is 2. The smallest absolute Gasteiger partial charge is 0.305 e. The van der Waals surface area contributed by atoms with Crippen molar-refractivity contribution in [2.24, 2.45) is 0 Å². The number of hydrogen-bond acceptors (Lipinski definition) is 3. The molecular weight excluding hydrogens is 200 g/mol. The Morgan fingerprint density at radius 2 is 1.93 bits per heavy atom. The Bertz CT molecular complexity index is 326. The number of carboxylic acids is 2. The maximum absolute atomic E-state index is 10.3. The Balaban J connectivity index is 2.41. The van der Waals surface area contributed by atoms with Crippen molar-refractivity contribution >= 4 is 11.9 Å². The third-order valence-corrected chi connectivity index (χ3v) is 1.87. The van der Waals surface area contributed by atoms with Gasteiger partial charge in [0.2, 0.25) is 0 Å². The second-order valence-corrected chi connectivity index (χ2v) is 3.14. The fraction of sp³-hybridized carbons (Fsp3) is 0.444. The average Bonchev–Trinajstić information content (AvgIpc) is 2.59. The van der Waals surface area contributed by atoms with Gasteiger partial charge in [-0.25, -0.2) is 4.98 Å². The summed E-state index contributed by atoms with van der Waals surface area (Å²) < 4.78 is 1.64. The van der Waals surface area contributed by atoms with Gasteiger partial charge in [-0.15, -0.1) is 0 Å². The summed E-state index contributed by atoms with van der Waals surface area (Å²) >= 11 is 0. The molecule has 15 heavy (non-hydrogen) atoms. The zero-order valence-electron chi connectivity index (χ0n) is 8.09. The molecule has 0 spiro atoms. The number of rotatable bonds is 6. The third-order valence-electron chi connectivity index (χ3n) is 1.87. The van der Waals surface area contributed by atoms with Crippen LogP contribution in [0.4, 0.5) is 0 Å². The van der Waals surface area contributed by atoms with Crippen molar-refractivity contribution in [3.63, 3.8) is 0 Å². The molecule has 1 rings (SSSR count). The molecule has 0 fully saturated rings. The van der Waals surface area contributed by atoms with Crippen molar-refractivity contribution in [1.82, 2.24) is 9.55 Å². The van der Waals surface area contributed by atoms with Crippen molar-refractivity contribution in [1.29, 1.82) is 0 Å². The first-order valence-electron chi connectivity index (χ1n) is 4.52. The topological polar surface area (TPSA) is 92.4 Å². The summed E-state index contributed by atoms with van der Waals surface area (Å²) in [4.78, 5) is 24.5. The molecule has 0 aliphatic carbocycles. The first-order valence-corrected chi connectivity index (χ1v) is 4.52. The summed E-state index contributed by atoms with van der Waals surface area (Å²) in [6.07, 6.45) is 3.63. The molecule has 1 aromatic heterocycles. The molecule has 0 amide bonds. The van der Waals surface area contributed by atoms with E-state index in [0.717, 1.165) is 0 Å². The van der Waals surface area contributed by atoms with Crippen LogP contribution in [0.3, 0.4) is 0 Å². The highest BCUT2D eigenvalue weighted by Gasteiger charge is 2.03. The highest BCUT2D eigenvalue weighted by Crippen LogP contribution is 2.01. The van der Waals surface area contributed by atoms with Crippen LogP contribution < -0.4 is 0 Å². The molecule has 0 atom stereocenters. The molecule has 0 aliphatic rings. The molecule has 0 saturated heterocycles. The number of nitrogens with zero attached hydrogens (tertiary/aromatic N) is 2. The maximum atomic E-state index is 10.3. The van der Waals surface area contributed by atoms with Gasteiger partial charge >= 0.3 is 11.9 Å². The lowest BCUT2D eigenvalue weighted by Gasteiger charge is -1.96. The average molecular weight is 212 g/mol. The van der Waals surface area contributed by atoms with E-state index >= 15 is 0 Å². The lowest BCUT2D eigenvalue weighted by atomic mass is 10.2. The van der Waals surface area contributed by atoms with Gasteiger partial charge in [-0.05, 0) is 0 Å². The summed E-state index contributed by atoms with van der Waals surface area (Å²) in [5.41, 5.74) is 0.669. The van der Waals surface area contributed by atoms with E-state index in [9.17, 15) is 9.59 Å². The molecule has 1 aromatic rings. The molecule has 0 radical (unpaired) electrons. The van der Waals surface area contributed by atoms with E-state index in [0.29, 0.717) is 18.7 Å². The maximum Gasteiger partial charge on any atom is 0.305 e. The standard InChI is InChI=1S/C9H12N2O4/c12-8(13)2-1-7-5-11(6-10-7)4-3-9(14)15/h5-6H,1-4H2,(H,12,13)(H,14,15). The zero-order valence-corrected chi connectivity index (χ0v) is 8.09. The van der Waals surface area contributed by atoms with Crippen LogP contribution >= 0.6 is 0 Å². The lowest BCUT2D eigenvalue weighted by Crippen LogP contribution is -2.02. The molecule has 0 aliphatic heterocycles. The van der Waals surface area contributed by atoms with Crippen molar-refractivity contribution in [2.45, 2.75) is 25.8 Å². The van der Waals surface area contributed by atoms with Crippen LogP contribution in [0, 0.1) is 0 Å². The Morgan fingerprint density at radius 1 is 1.27 bits per heavy atom. The Morgan fingerprint density at radius 3 is 2.53 bits per heavy atom. The second kappa shape index (κ2) is 5.14.